The molecule has 1 unspecified atom stereocenters. The van der Waals surface area contributed by atoms with Crippen LogP contribution in [-0.2, 0) is 4.79 Å². The number of rotatable bonds is 3. The molecule has 1 atom stereocenters. The van der Waals surface area contributed by atoms with Gasteiger partial charge in [0, 0.05) is 19.6 Å². The molecule has 1 amide bonds. The third-order valence-corrected chi connectivity index (χ3v) is 3.89. The molecule has 0 aromatic carbocycles. The SMILES string of the molecule is CCC(C)(CN)C(=O)N1CCCCCCC1. The zero-order chi connectivity index (χ0) is 12.0. The Bertz CT molecular complexity index is 216. The van der Waals surface area contributed by atoms with Crippen molar-refractivity contribution < 1.29 is 4.79 Å². The highest BCUT2D eigenvalue weighted by atomic mass is 16.2. The molecule has 0 radical (unpaired) electrons. The molecule has 16 heavy (non-hydrogen) atoms. The molecule has 1 aliphatic rings. The van der Waals surface area contributed by atoms with E-state index in [0.717, 1.165) is 32.4 Å². The minimum absolute atomic E-state index is 0.263. The van der Waals surface area contributed by atoms with Crippen LogP contribution < -0.4 is 5.73 Å². The van der Waals surface area contributed by atoms with Crippen molar-refractivity contribution in [1.29, 1.82) is 0 Å². The lowest BCUT2D eigenvalue weighted by atomic mass is 9.85. The maximum atomic E-state index is 12.4. The summed E-state index contributed by atoms with van der Waals surface area (Å²) in [5.74, 6) is 0.263. The first kappa shape index (κ1) is 13.5. The van der Waals surface area contributed by atoms with E-state index >= 15 is 0 Å². The summed E-state index contributed by atoms with van der Waals surface area (Å²) < 4.78 is 0. The Morgan fingerprint density at radius 3 is 2.12 bits per heavy atom. The topological polar surface area (TPSA) is 46.3 Å². The van der Waals surface area contributed by atoms with Crippen LogP contribution in [0.4, 0.5) is 0 Å². The number of carbonyl (C=O) groups is 1. The minimum Gasteiger partial charge on any atom is -0.342 e. The third kappa shape index (κ3) is 3.21. The molecule has 1 aliphatic heterocycles. The second kappa shape index (κ2) is 6.24. The van der Waals surface area contributed by atoms with Crippen molar-refractivity contribution in [3.05, 3.63) is 0 Å². The van der Waals surface area contributed by atoms with Gasteiger partial charge in [0.05, 0.1) is 5.41 Å². The molecule has 0 aliphatic carbocycles. The van der Waals surface area contributed by atoms with Crippen molar-refractivity contribution in [2.75, 3.05) is 19.6 Å². The predicted octanol–water partition coefficient (Wildman–Crippen LogP) is 2.15. The van der Waals surface area contributed by atoms with Gasteiger partial charge in [0.1, 0.15) is 0 Å². The van der Waals surface area contributed by atoms with Crippen LogP contribution in [0.1, 0.15) is 52.4 Å². The maximum Gasteiger partial charge on any atom is 0.229 e. The average molecular weight is 226 g/mol. The van der Waals surface area contributed by atoms with Crippen molar-refractivity contribution in [2.45, 2.75) is 52.4 Å². The van der Waals surface area contributed by atoms with Crippen LogP contribution in [0.15, 0.2) is 0 Å². The van der Waals surface area contributed by atoms with E-state index in [2.05, 4.69) is 6.92 Å². The molecule has 1 heterocycles. The highest BCUT2D eigenvalue weighted by Crippen LogP contribution is 2.24. The number of nitrogens with zero attached hydrogens (tertiary/aromatic N) is 1. The quantitative estimate of drug-likeness (QED) is 0.801. The van der Waals surface area contributed by atoms with Crippen LogP contribution in [0.3, 0.4) is 0 Å². The number of hydrogen-bond donors (Lipinski definition) is 1. The number of hydrogen-bond acceptors (Lipinski definition) is 2. The maximum absolute atomic E-state index is 12.4. The van der Waals surface area contributed by atoms with E-state index in [9.17, 15) is 4.79 Å². The summed E-state index contributed by atoms with van der Waals surface area (Å²) in [6, 6.07) is 0. The lowest BCUT2D eigenvalue weighted by Gasteiger charge is -2.34. The smallest absolute Gasteiger partial charge is 0.229 e. The van der Waals surface area contributed by atoms with Gasteiger partial charge in [-0.25, -0.2) is 0 Å². The summed E-state index contributed by atoms with van der Waals surface area (Å²) in [6.45, 7) is 6.35. The fraction of sp³-hybridized carbons (Fsp3) is 0.923. The number of carbonyl (C=O) groups excluding carboxylic acids is 1. The molecule has 0 bridgehead atoms. The Balaban J connectivity index is 2.62. The van der Waals surface area contributed by atoms with Crippen molar-refractivity contribution in [2.24, 2.45) is 11.1 Å². The average Bonchev–Trinajstić information content (AvgIpc) is 2.27. The molecule has 3 heteroatoms. The summed E-state index contributed by atoms with van der Waals surface area (Å²) in [7, 11) is 0. The first-order valence-corrected chi connectivity index (χ1v) is 6.63. The molecule has 1 fully saturated rings. The molecule has 1 rings (SSSR count). The van der Waals surface area contributed by atoms with Gasteiger partial charge in [0.2, 0.25) is 5.91 Å². The van der Waals surface area contributed by atoms with E-state index in [4.69, 9.17) is 5.73 Å². The van der Waals surface area contributed by atoms with E-state index in [0.29, 0.717) is 6.54 Å². The third-order valence-electron chi connectivity index (χ3n) is 3.89. The van der Waals surface area contributed by atoms with E-state index in [-0.39, 0.29) is 11.3 Å². The van der Waals surface area contributed by atoms with E-state index < -0.39 is 0 Å². The molecule has 1 saturated heterocycles. The first-order valence-electron chi connectivity index (χ1n) is 6.63. The van der Waals surface area contributed by atoms with Gasteiger partial charge in [-0.15, -0.1) is 0 Å². The Morgan fingerprint density at radius 1 is 1.19 bits per heavy atom. The standard InChI is InChI=1S/C13H26N2O/c1-3-13(2,11-14)12(16)15-9-7-5-4-6-8-10-15/h3-11,14H2,1-2H3. The van der Waals surface area contributed by atoms with Crippen molar-refractivity contribution in [3.63, 3.8) is 0 Å². The number of likely N-dealkylation sites (tertiary alicyclic amines) is 1. The van der Waals surface area contributed by atoms with Crippen LogP contribution in [-0.4, -0.2) is 30.4 Å². The fourth-order valence-electron chi connectivity index (χ4n) is 2.22. The highest BCUT2D eigenvalue weighted by Gasteiger charge is 2.33. The van der Waals surface area contributed by atoms with Gasteiger partial charge in [0.25, 0.3) is 0 Å². The second-order valence-corrected chi connectivity index (χ2v) is 5.18. The van der Waals surface area contributed by atoms with Crippen LogP contribution in [0.25, 0.3) is 0 Å². The van der Waals surface area contributed by atoms with Gasteiger partial charge in [-0.1, -0.05) is 26.2 Å². The molecular formula is C13H26N2O. The molecule has 0 aromatic heterocycles. The Hall–Kier alpha value is -0.570. The van der Waals surface area contributed by atoms with Gasteiger partial charge in [-0.3, -0.25) is 4.79 Å². The zero-order valence-corrected chi connectivity index (χ0v) is 10.8. The monoisotopic (exact) mass is 226 g/mol. The summed E-state index contributed by atoms with van der Waals surface area (Å²) in [6.07, 6.45) is 6.97. The molecule has 0 spiro atoms. The molecule has 94 valence electrons. The van der Waals surface area contributed by atoms with Crippen molar-refractivity contribution >= 4 is 5.91 Å². The summed E-state index contributed by atoms with van der Waals surface area (Å²) in [4.78, 5) is 14.4. The number of amides is 1. The Kier molecular flexibility index (Phi) is 5.26. The summed E-state index contributed by atoms with van der Waals surface area (Å²) in [5.41, 5.74) is 5.40. The van der Waals surface area contributed by atoms with Crippen LogP contribution in [0.5, 0.6) is 0 Å². The highest BCUT2D eigenvalue weighted by molar-refractivity contribution is 5.82. The molecule has 0 saturated carbocycles. The first-order chi connectivity index (χ1) is 7.64. The molecular weight excluding hydrogens is 200 g/mol. The zero-order valence-electron chi connectivity index (χ0n) is 10.8. The predicted molar refractivity (Wildman–Crippen MR) is 67.1 cm³/mol. The lowest BCUT2D eigenvalue weighted by Crippen LogP contribution is -2.47. The van der Waals surface area contributed by atoms with E-state index in [1.165, 1.54) is 19.3 Å². The van der Waals surface area contributed by atoms with Gasteiger partial charge < -0.3 is 10.6 Å². The Labute approximate surface area is 99.4 Å². The number of nitrogens with two attached hydrogens (primary N) is 1. The molecule has 0 aromatic rings. The lowest BCUT2D eigenvalue weighted by molar-refractivity contribution is -0.141. The molecule has 2 N–H and O–H groups in total. The summed E-state index contributed by atoms with van der Waals surface area (Å²) in [5, 5.41) is 0. The van der Waals surface area contributed by atoms with E-state index in [1.807, 2.05) is 11.8 Å². The van der Waals surface area contributed by atoms with Crippen LogP contribution >= 0.6 is 0 Å². The summed E-state index contributed by atoms with van der Waals surface area (Å²) >= 11 is 0. The van der Waals surface area contributed by atoms with E-state index in [1.54, 1.807) is 0 Å². The largest absolute Gasteiger partial charge is 0.342 e. The molecule has 3 nitrogen and oxygen atoms in total. The normalized spacial score (nSPS) is 22.1. The Morgan fingerprint density at radius 2 is 1.69 bits per heavy atom. The van der Waals surface area contributed by atoms with Gasteiger partial charge in [0.15, 0.2) is 0 Å². The fourth-order valence-corrected chi connectivity index (χ4v) is 2.22. The van der Waals surface area contributed by atoms with Crippen LogP contribution in [0.2, 0.25) is 0 Å². The van der Waals surface area contributed by atoms with Crippen molar-refractivity contribution in [1.82, 2.24) is 4.90 Å². The van der Waals surface area contributed by atoms with Crippen molar-refractivity contribution in [3.8, 4) is 0 Å². The second-order valence-electron chi connectivity index (χ2n) is 5.18. The van der Waals surface area contributed by atoms with Gasteiger partial charge in [-0.05, 0) is 26.2 Å². The minimum atomic E-state index is -0.348. The van der Waals surface area contributed by atoms with Crippen LogP contribution in [0, 0.1) is 5.41 Å². The van der Waals surface area contributed by atoms with Gasteiger partial charge >= 0.3 is 0 Å². The van der Waals surface area contributed by atoms with Gasteiger partial charge in [-0.2, -0.15) is 0 Å².